The van der Waals surface area contributed by atoms with Gasteiger partial charge in [-0.2, -0.15) is 4.98 Å². The lowest BCUT2D eigenvalue weighted by Gasteiger charge is -1.98. The Kier molecular flexibility index (Phi) is 4.55. The molecule has 5 nitrogen and oxygen atoms in total. The summed E-state index contributed by atoms with van der Waals surface area (Å²) in [6.07, 6.45) is 0.689. The molecule has 1 aromatic rings. The summed E-state index contributed by atoms with van der Waals surface area (Å²) in [5, 5.41) is 3.84. The largest absolute Gasteiger partial charge is 0.381 e. The van der Waals surface area contributed by atoms with Crippen LogP contribution in [0.3, 0.4) is 0 Å². The van der Waals surface area contributed by atoms with Gasteiger partial charge in [-0.25, -0.2) is 0 Å². The first-order chi connectivity index (χ1) is 6.77. The van der Waals surface area contributed by atoms with Crippen molar-refractivity contribution in [3.63, 3.8) is 0 Å². The van der Waals surface area contributed by atoms with Gasteiger partial charge in [0.05, 0.1) is 6.61 Å². The quantitative estimate of drug-likeness (QED) is 0.683. The van der Waals surface area contributed by atoms with Crippen molar-refractivity contribution in [1.29, 1.82) is 0 Å². The Bertz CT molecular complexity index is 262. The number of rotatable bonds is 6. The molecule has 1 atom stereocenters. The van der Waals surface area contributed by atoms with E-state index >= 15 is 0 Å². The molecule has 0 aliphatic rings. The Morgan fingerprint density at radius 3 is 3.00 bits per heavy atom. The van der Waals surface area contributed by atoms with Crippen molar-refractivity contribution in [1.82, 2.24) is 10.1 Å². The zero-order chi connectivity index (χ0) is 10.4. The average molecular weight is 199 g/mol. The molecule has 14 heavy (non-hydrogen) atoms. The van der Waals surface area contributed by atoms with Crippen LogP contribution in [0.2, 0.25) is 0 Å². The second-order valence-corrected chi connectivity index (χ2v) is 3.13. The summed E-state index contributed by atoms with van der Waals surface area (Å²) < 4.78 is 10.2. The van der Waals surface area contributed by atoms with Crippen LogP contribution in [-0.4, -0.2) is 29.9 Å². The Balaban J connectivity index is 2.42. The van der Waals surface area contributed by atoms with Gasteiger partial charge in [-0.15, -0.1) is 0 Å². The lowest BCUT2D eigenvalue weighted by molar-refractivity contribution is 0.149. The fraction of sp³-hybridized carbons (Fsp3) is 0.778. The fourth-order valence-corrected chi connectivity index (χ4v) is 0.978. The number of aromatic nitrogens is 2. The number of nitrogens with two attached hydrogens (primary N) is 1. The van der Waals surface area contributed by atoms with Gasteiger partial charge >= 0.3 is 0 Å². The second-order valence-electron chi connectivity index (χ2n) is 3.13. The molecule has 0 saturated carbocycles. The Morgan fingerprint density at radius 2 is 2.36 bits per heavy atom. The molecule has 5 heteroatoms. The lowest BCUT2D eigenvalue weighted by atomic mass is 10.2. The van der Waals surface area contributed by atoms with Crippen LogP contribution in [0.1, 0.15) is 31.5 Å². The van der Waals surface area contributed by atoms with E-state index in [-0.39, 0.29) is 5.92 Å². The maximum Gasteiger partial charge on any atom is 0.230 e. The van der Waals surface area contributed by atoms with Crippen molar-refractivity contribution in [2.75, 3.05) is 19.8 Å². The van der Waals surface area contributed by atoms with Gasteiger partial charge in [0, 0.05) is 25.5 Å². The summed E-state index contributed by atoms with van der Waals surface area (Å²) >= 11 is 0. The first-order valence-electron chi connectivity index (χ1n) is 4.88. The van der Waals surface area contributed by atoms with E-state index in [1.807, 2.05) is 13.8 Å². The number of ether oxygens (including phenoxy) is 1. The number of hydrogen-bond acceptors (Lipinski definition) is 5. The minimum atomic E-state index is 0.128. The molecule has 80 valence electrons. The minimum Gasteiger partial charge on any atom is -0.381 e. The van der Waals surface area contributed by atoms with Crippen molar-refractivity contribution >= 4 is 0 Å². The second kappa shape index (κ2) is 5.72. The number of nitrogens with zero attached hydrogens (tertiary/aromatic N) is 2. The molecule has 0 fully saturated rings. The molecule has 1 unspecified atom stereocenters. The predicted octanol–water partition coefficient (Wildman–Crippen LogP) is 0.711. The van der Waals surface area contributed by atoms with Crippen LogP contribution in [-0.2, 0) is 11.2 Å². The standard InChI is InChI=1S/C9H17N3O2/c1-3-13-5-4-8-11-9(14-12-8)7(2)6-10/h7H,3-6,10H2,1-2H3. The van der Waals surface area contributed by atoms with Crippen LogP contribution in [0.15, 0.2) is 4.52 Å². The summed E-state index contributed by atoms with van der Waals surface area (Å²) in [6, 6.07) is 0. The van der Waals surface area contributed by atoms with Gasteiger partial charge in [0.1, 0.15) is 0 Å². The van der Waals surface area contributed by atoms with Crippen molar-refractivity contribution in [3.05, 3.63) is 11.7 Å². The zero-order valence-corrected chi connectivity index (χ0v) is 8.69. The van der Waals surface area contributed by atoms with Crippen LogP contribution in [0, 0.1) is 0 Å². The van der Waals surface area contributed by atoms with Crippen LogP contribution < -0.4 is 5.73 Å². The Morgan fingerprint density at radius 1 is 1.57 bits per heavy atom. The molecule has 0 aliphatic carbocycles. The Hall–Kier alpha value is -0.940. The zero-order valence-electron chi connectivity index (χ0n) is 8.69. The highest BCUT2D eigenvalue weighted by molar-refractivity contribution is 4.92. The summed E-state index contributed by atoms with van der Waals surface area (Å²) in [7, 11) is 0. The molecule has 0 saturated heterocycles. The molecule has 0 radical (unpaired) electrons. The van der Waals surface area contributed by atoms with E-state index in [0.29, 0.717) is 37.9 Å². The number of hydrogen-bond donors (Lipinski definition) is 1. The first-order valence-corrected chi connectivity index (χ1v) is 4.88. The van der Waals surface area contributed by atoms with E-state index in [1.165, 1.54) is 0 Å². The maximum atomic E-state index is 5.48. The van der Waals surface area contributed by atoms with Gasteiger partial charge in [0.2, 0.25) is 5.89 Å². The van der Waals surface area contributed by atoms with Crippen molar-refractivity contribution in [3.8, 4) is 0 Å². The fourth-order valence-electron chi connectivity index (χ4n) is 0.978. The predicted molar refractivity (Wildman–Crippen MR) is 52.0 cm³/mol. The molecule has 1 rings (SSSR count). The van der Waals surface area contributed by atoms with Crippen LogP contribution in [0.4, 0.5) is 0 Å². The highest BCUT2D eigenvalue weighted by Crippen LogP contribution is 2.10. The highest BCUT2D eigenvalue weighted by atomic mass is 16.5. The van der Waals surface area contributed by atoms with Crippen LogP contribution >= 0.6 is 0 Å². The summed E-state index contributed by atoms with van der Waals surface area (Å²) in [4.78, 5) is 4.22. The highest BCUT2D eigenvalue weighted by Gasteiger charge is 2.11. The van der Waals surface area contributed by atoms with E-state index in [0.717, 1.165) is 0 Å². The molecule has 0 spiro atoms. The maximum absolute atomic E-state index is 5.48. The van der Waals surface area contributed by atoms with E-state index in [2.05, 4.69) is 10.1 Å². The molecule has 0 bridgehead atoms. The lowest BCUT2D eigenvalue weighted by Crippen LogP contribution is -2.09. The molecule has 1 heterocycles. The first kappa shape index (κ1) is 11.1. The van der Waals surface area contributed by atoms with Crippen molar-refractivity contribution in [2.24, 2.45) is 5.73 Å². The normalized spacial score (nSPS) is 13.1. The molecule has 0 aliphatic heterocycles. The summed E-state index contributed by atoms with van der Waals surface area (Å²) in [6.45, 7) is 5.78. The monoisotopic (exact) mass is 199 g/mol. The third-order valence-electron chi connectivity index (χ3n) is 1.93. The van der Waals surface area contributed by atoms with Gasteiger partial charge in [0.25, 0.3) is 0 Å². The van der Waals surface area contributed by atoms with Gasteiger partial charge in [-0.3, -0.25) is 0 Å². The van der Waals surface area contributed by atoms with Crippen molar-refractivity contribution in [2.45, 2.75) is 26.2 Å². The van der Waals surface area contributed by atoms with Gasteiger partial charge < -0.3 is 15.0 Å². The Labute approximate surface area is 83.6 Å². The summed E-state index contributed by atoms with van der Waals surface area (Å²) in [5.41, 5.74) is 5.48. The molecular weight excluding hydrogens is 182 g/mol. The molecule has 2 N–H and O–H groups in total. The molecule has 1 aromatic heterocycles. The smallest absolute Gasteiger partial charge is 0.230 e. The van der Waals surface area contributed by atoms with E-state index in [4.69, 9.17) is 15.0 Å². The minimum absolute atomic E-state index is 0.128. The van der Waals surface area contributed by atoms with Gasteiger partial charge in [0.15, 0.2) is 5.82 Å². The van der Waals surface area contributed by atoms with E-state index < -0.39 is 0 Å². The third-order valence-corrected chi connectivity index (χ3v) is 1.93. The van der Waals surface area contributed by atoms with Gasteiger partial charge in [-0.1, -0.05) is 12.1 Å². The summed E-state index contributed by atoms with van der Waals surface area (Å²) in [5.74, 6) is 1.43. The van der Waals surface area contributed by atoms with Crippen LogP contribution in [0.5, 0.6) is 0 Å². The molecule has 0 aromatic carbocycles. The molecular formula is C9H17N3O2. The van der Waals surface area contributed by atoms with E-state index in [9.17, 15) is 0 Å². The van der Waals surface area contributed by atoms with Crippen LogP contribution in [0.25, 0.3) is 0 Å². The van der Waals surface area contributed by atoms with Gasteiger partial charge in [-0.05, 0) is 6.92 Å². The van der Waals surface area contributed by atoms with Crippen molar-refractivity contribution < 1.29 is 9.26 Å². The third kappa shape index (κ3) is 3.08. The SMILES string of the molecule is CCOCCc1noc(C(C)CN)n1. The molecule has 0 amide bonds. The van der Waals surface area contributed by atoms with E-state index in [1.54, 1.807) is 0 Å². The topological polar surface area (TPSA) is 74.2 Å². The average Bonchev–Trinajstić information content (AvgIpc) is 2.66.